The number of carbonyl (C=O) groups excluding carboxylic acids is 1. The van der Waals surface area contributed by atoms with E-state index in [1.807, 2.05) is 0 Å². The van der Waals surface area contributed by atoms with Crippen LogP contribution in [0.2, 0.25) is 0 Å². The van der Waals surface area contributed by atoms with Gasteiger partial charge in [0.25, 0.3) is 5.69 Å². The molecule has 0 unspecified atom stereocenters. The van der Waals surface area contributed by atoms with Crippen molar-refractivity contribution in [3.8, 4) is 0 Å². The van der Waals surface area contributed by atoms with Crippen LogP contribution in [0.1, 0.15) is 37.7 Å². The Bertz CT molecular complexity index is 499. The van der Waals surface area contributed by atoms with Gasteiger partial charge in [0.15, 0.2) is 0 Å². The average molecular weight is 291 g/mol. The lowest BCUT2D eigenvalue weighted by Crippen LogP contribution is -2.41. The molecule has 0 spiro atoms. The van der Waals surface area contributed by atoms with E-state index in [4.69, 9.17) is 0 Å². The molecule has 0 atom stereocenters. The topological polar surface area (TPSA) is 84.3 Å². The van der Waals surface area contributed by atoms with Crippen LogP contribution in [0, 0.1) is 10.1 Å². The van der Waals surface area contributed by atoms with Gasteiger partial charge in [0.2, 0.25) is 5.91 Å². The summed E-state index contributed by atoms with van der Waals surface area (Å²) in [6.45, 7) is 0.498. The van der Waals surface area contributed by atoms with E-state index in [0.717, 1.165) is 12.8 Å². The normalized spacial score (nSPS) is 15.6. The van der Waals surface area contributed by atoms with E-state index in [1.165, 1.54) is 25.3 Å². The predicted octanol–water partition coefficient (Wildman–Crippen LogP) is 2.13. The monoisotopic (exact) mass is 291 g/mol. The third-order valence-electron chi connectivity index (χ3n) is 3.76. The quantitative estimate of drug-likeness (QED) is 0.621. The Kier molecular flexibility index (Phi) is 5.68. The van der Waals surface area contributed by atoms with E-state index in [1.54, 1.807) is 18.2 Å². The van der Waals surface area contributed by atoms with Crippen LogP contribution >= 0.6 is 0 Å². The summed E-state index contributed by atoms with van der Waals surface area (Å²) in [6.07, 6.45) is 5.71. The van der Waals surface area contributed by atoms with Crippen LogP contribution in [-0.4, -0.2) is 23.4 Å². The number of hydrogen-bond donors (Lipinski definition) is 2. The Morgan fingerprint density at radius 1 is 1.24 bits per heavy atom. The first-order valence-electron chi connectivity index (χ1n) is 7.39. The van der Waals surface area contributed by atoms with Crippen molar-refractivity contribution in [1.82, 2.24) is 10.6 Å². The van der Waals surface area contributed by atoms with Gasteiger partial charge in [-0.2, -0.15) is 0 Å². The molecule has 1 aromatic rings. The number of para-hydroxylation sites is 1. The van der Waals surface area contributed by atoms with Gasteiger partial charge in [-0.3, -0.25) is 14.9 Å². The maximum atomic E-state index is 11.8. The maximum absolute atomic E-state index is 11.8. The molecule has 2 N–H and O–H groups in total. The molecule has 21 heavy (non-hydrogen) atoms. The summed E-state index contributed by atoms with van der Waals surface area (Å²) in [5, 5.41) is 16.9. The molecule has 2 rings (SSSR count). The molecular weight excluding hydrogens is 270 g/mol. The lowest BCUT2D eigenvalue weighted by Gasteiger charge is -2.22. The van der Waals surface area contributed by atoms with E-state index in [0.29, 0.717) is 18.2 Å². The van der Waals surface area contributed by atoms with Crippen LogP contribution in [0.5, 0.6) is 0 Å². The van der Waals surface area contributed by atoms with Crippen molar-refractivity contribution < 1.29 is 9.72 Å². The molecule has 6 nitrogen and oxygen atoms in total. The number of amides is 1. The van der Waals surface area contributed by atoms with Crippen LogP contribution < -0.4 is 10.6 Å². The van der Waals surface area contributed by atoms with Crippen molar-refractivity contribution in [1.29, 1.82) is 0 Å². The zero-order valence-corrected chi connectivity index (χ0v) is 12.0. The van der Waals surface area contributed by atoms with Crippen LogP contribution in [-0.2, 0) is 11.3 Å². The van der Waals surface area contributed by atoms with E-state index in [-0.39, 0.29) is 18.1 Å². The number of nitro groups is 1. The summed E-state index contributed by atoms with van der Waals surface area (Å²) in [5.74, 6) is -0.0412. The Hall–Kier alpha value is -1.95. The SMILES string of the molecule is O=C(CNCc1ccccc1[N+](=O)[O-])NC1CCCCC1. The van der Waals surface area contributed by atoms with Crippen LogP contribution in [0.25, 0.3) is 0 Å². The Morgan fingerprint density at radius 3 is 2.67 bits per heavy atom. The predicted molar refractivity (Wildman–Crippen MR) is 79.8 cm³/mol. The molecule has 1 fully saturated rings. The molecule has 1 aliphatic carbocycles. The highest BCUT2D eigenvalue weighted by Gasteiger charge is 2.16. The van der Waals surface area contributed by atoms with Gasteiger partial charge in [-0.1, -0.05) is 37.5 Å². The molecule has 1 saturated carbocycles. The minimum absolute atomic E-state index is 0.0412. The second-order valence-corrected chi connectivity index (χ2v) is 5.39. The molecule has 1 amide bonds. The number of nitro benzene ring substituents is 1. The lowest BCUT2D eigenvalue weighted by molar-refractivity contribution is -0.385. The van der Waals surface area contributed by atoms with Crippen molar-refractivity contribution in [3.63, 3.8) is 0 Å². The van der Waals surface area contributed by atoms with Gasteiger partial charge in [0.1, 0.15) is 0 Å². The van der Waals surface area contributed by atoms with Crippen molar-refractivity contribution >= 4 is 11.6 Å². The van der Waals surface area contributed by atoms with E-state index >= 15 is 0 Å². The molecule has 0 heterocycles. The van der Waals surface area contributed by atoms with E-state index < -0.39 is 4.92 Å². The fourth-order valence-corrected chi connectivity index (χ4v) is 2.67. The molecule has 0 aliphatic heterocycles. The van der Waals surface area contributed by atoms with Gasteiger partial charge in [-0.15, -0.1) is 0 Å². The third-order valence-corrected chi connectivity index (χ3v) is 3.76. The summed E-state index contributed by atoms with van der Waals surface area (Å²) in [7, 11) is 0. The molecular formula is C15H21N3O3. The van der Waals surface area contributed by atoms with Gasteiger partial charge in [0, 0.05) is 24.2 Å². The first-order chi connectivity index (χ1) is 10.2. The minimum atomic E-state index is -0.404. The molecule has 1 aromatic carbocycles. The highest BCUT2D eigenvalue weighted by atomic mass is 16.6. The first-order valence-corrected chi connectivity index (χ1v) is 7.39. The van der Waals surface area contributed by atoms with E-state index in [2.05, 4.69) is 10.6 Å². The zero-order chi connectivity index (χ0) is 15.1. The van der Waals surface area contributed by atoms with Crippen LogP contribution in [0.15, 0.2) is 24.3 Å². The molecule has 0 aromatic heterocycles. The minimum Gasteiger partial charge on any atom is -0.352 e. The number of hydrogen-bond acceptors (Lipinski definition) is 4. The Balaban J connectivity index is 1.76. The fourth-order valence-electron chi connectivity index (χ4n) is 2.67. The average Bonchev–Trinajstić information content (AvgIpc) is 2.48. The first kappa shape index (κ1) is 15.4. The lowest BCUT2D eigenvalue weighted by atomic mass is 9.95. The molecule has 1 aliphatic rings. The standard InChI is InChI=1S/C15H21N3O3/c19-15(17-13-7-2-1-3-8-13)11-16-10-12-6-4-5-9-14(12)18(20)21/h4-6,9,13,16H,1-3,7-8,10-11H2,(H,17,19). The number of benzene rings is 1. The van der Waals surface area contributed by atoms with Gasteiger partial charge < -0.3 is 10.6 Å². The summed E-state index contributed by atoms with van der Waals surface area (Å²) in [4.78, 5) is 22.3. The van der Waals surface area contributed by atoms with Crippen molar-refractivity contribution in [3.05, 3.63) is 39.9 Å². The van der Waals surface area contributed by atoms with Crippen molar-refractivity contribution in [2.45, 2.75) is 44.7 Å². The largest absolute Gasteiger partial charge is 0.352 e. The highest BCUT2D eigenvalue weighted by Crippen LogP contribution is 2.18. The fraction of sp³-hybridized carbons (Fsp3) is 0.533. The van der Waals surface area contributed by atoms with Gasteiger partial charge in [-0.05, 0) is 12.8 Å². The van der Waals surface area contributed by atoms with Crippen LogP contribution in [0.3, 0.4) is 0 Å². The van der Waals surface area contributed by atoms with Crippen molar-refractivity contribution in [2.24, 2.45) is 0 Å². The second-order valence-electron chi connectivity index (χ2n) is 5.39. The van der Waals surface area contributed by atoms with Gasteiger partial charge >= 0.3 is 0 Å². The summed E-state index contributed by atoms with van der Waals surface area (Å²) in [6, 6.07) is 6.85. The molecule has 0 saturated heterocycles. The van der Waals surface area contributed by atoms with Gasteiger partial charge in [-0.25, -0.2) is 0 Å². The van der Waals surface area contributed by atoms with Crippen LogP contribution in [0.4, 0.5) is 5.69 Å². The van der Waals surface area contributed by atoms with Crippen molar-refractivity contribution in [2.75, 3.05) is 6.54 Å². The number of nitrogens with zero attached hydrogens (tertiary/aromatic N) is 1. The van der Waals surface area contributed by atoms with Gasteiger partial charge in [0.05, 0.1) is 11.5 Å². The highest BCUT2D eigenvalue weighted by molar-refractivity contribution is 5.78. The smallest absolute Gasteiger partial charge is 0.273 e. The molecule has 0 radical (unpaired) electrons. The zero-order valence-electron chi connectivity index (χ0n) is 12.0. The Morgan fingerprint density at radius 2 is 1.95 bits per heavy atom. The summed E-state index contributed by atoms with van der Waals surface area (Å²) < 4.78 is 0. The second kappa shape index (κ2) is 7.73. The molecule has 114 valence electrons. The number of carbonyl (C=O) groups is 1. The summed E-state index contributed by atoms with van der Waals surface area (Å²) in [5.41, 5.74) is 0.672. The van der Waals surface area contributed by atoms with E-state index in [9.17, 15) is 14.9 Å². The maximum Gasteiger partial charge on any atom is 0.273 e. The third kappa shape index (κ3) is 4.82. The summed E-state index contributed by atoms with van der Waals surface area (Å²) >= 11 is 0. The molecule has 6 heteroatoms. The number of nitrogens with one attached hydrogen (secondary N) is 2. The number of rotatable bonds is 6. The molecule has 0 bridgehead atoms. The Labute approximate surface area is 124 Å².